The molecule has 22 heavy (non-hydrogen) atoms. The molecule has 3 rings (SSSR count). The first-order chi connectivity index (χ1) is 10.2. The maximum atomic E-state index is 12.2. The number of nitrogens with zero attached hydrogens (tertiary/aromatic N) is 1. The molecule has 2 aromatic rings. The van der Waals surface area contributed by atoms with Crippen LogP contribution in [0.4, 0.5) is 5.13 Å². The van der Waals surface area contributed by atoms with E-state index in [1.807, 2.05) is 37.3 Å². The first-order valence-electron chi connectivity index (χ1n) is 6.91. The van der Waals surface area contributed by atoms with Crippen LogP contribution in [0.1, 0.15) is 6.92 Å². The Labute approximate surface area is 139 Å². The van der Waals surface area contributed by atoms with Crippen molar-refractivity contribution < 1.29 is 9.53 Å². The van der Waals surface area contributed by atoms with Crippen LogP contribution in [0.15, 0.2) is 36.5 Å². The highest BCUT2D eigenvalue weighted by atomic mass is 35.5. The highest BCUT2D eigenvalue weighted by Gasteiger charge is 2.28. The summed E-state index contributed by atoms with van der Waals surface area (Å²) in [7, 11) is 0. The Bertz CT molecular complexity index is 620. The van der Waals surface area contributed by atoms with E-state index in [-0.39, 0.29) is 30.5 Å². The van der Waals surface area contributed by atoms with Gasteiger partial charge in [0.05, 0.1) is 17.6 Å². The summed E-state index contributed by atoms with van der Waals surface area (Å²) in [5.41, 5.74) is 1.10. The first kappa shape index (κ1) is 16.9. The van der Waals surface area contributed by atoms with E-state index < -0.39 is 0 Å². The fraction of sp³-hybridized carbons (Fsp3) is 0.333. The Kier molecular flexibility index (Phi) is 5.90. The monoisotopic (exact) mass is 339 g/mol. The predicted octanol–water partition coefficient (Wildman–Crippen LogP) is 2.55. The molecule has 118 valence electrons. The average molecular weight is 340 g/mol. The lowest BCUT2D eigenvalue weighted by Crippen LogP contribution is -2.53. The summed E-state index contributed by atoms with van der Waals surface area (Å²) in [6.07, 6.45) is 1.65. The highest BCUT2D eigenvalue weighted by molar-refractivity contribution is 7.19. The van der Waals surface area contributed by atoms with Crippen LogP contribution in [0.2, 0.25) is 0 Å². The fourth-order valence-electron chi connectivity index (χ4n) is 2.28. The number of aromatic nitrogens is 1. The van der Waals surface area contributed by atoms with Crippen LogP contribution in [-0.2, 0) is 9.53 Å². The molecule has 0 unspecified atom stereocenters. The number of hydrogen-bond donors (Lipinski definition) is 2. The molecule has 0 aliphatic carbocycles. The van der Waals surface area contributed by atoms with Gasteiger partial charge in [-0.2, -0.15) is 0 Å². The van der Waals surface area contributed by atoms with E-state index in [1.54, 1.807) is 6.20 Å². The largest absolute Gasteiger partial charge is 0.375 e. The van der Waals surface area contributed by atoms with Gasteiger partial charge < -0.3 is 15.4 Å². The van der Waals surface area contributed by atoms with Gasteiger partial charge in [0.1, 0.15) is 6.04 Å². The van der Waals surface area contributed by atoms with E-state index in [0.717, 1.165) is 10.4 Å². The molecule has 5 nitrogen and oxygen atoms in total. The summed E-state index contributed by atoms with van der Waals surface area (Å²) >= 11 is 1.47. The van der Waals surface area contributed by atoms with Gasteiger partial charge in [-0.25, -0.2) is 4.98 Å². The summed E-state index contributed by atoms with van der Waals surface area (Å²) in [6.45, 7) is 3.23. The molecule has 7 heteroatoms. The molecule has 1 fully saturated rings. The van der Waals surface area contributed by atoms with Gasteiger partial charge in [-0.15, -0.1) is 12.4 Å². The second kappa shape index (κ2) is 7.69. The fourth-order valence-corrected chi connectivity index (χ4v) is 3.10. The molecule has 1 amide bonds. The van der Waals surface area contributed by atoms with Crippen molar-refractivity contribution in [2.45, 2.75) is 19.1 Å². The number of nitrogens with one attached hydrogen (secondary N) is 2. The minimum absolute atomic E-state index is 0. The van der Waals surface area contributed by atoms with Crippen LogP contribution in [0.5, 0.6) is 0 Å². The number of carbonyl (C=O) groups is 1. The molecular formula is C15H18ClN3O2S. The summed E-state index contributed by atoms with van der Waals surface area (Å²) < 4.78 is 5.48. The molecule has 0 spiro atoms. The molecule has 1 aromatic carbocycles. The standard InChI is InChI=1S/C15H17N3O2S.ClH/c1-10-13(16-7-8-20-10)14(19)18-15-17-9-12(21-15)11-5-3-2-4-6-11;/h2-6,9-10,13,16H,7-8H2,1H3,(H,17,18,19);1H/t10-,13+;/m1./s1. The Balaban J connectivity index is 0.00000176. The smallest absolute Gasteiger partial charge is 0.245 e. The SMILES string of the molecule is C[C@H]1OCCN[C@@H]1C(=O)Nc1ncc(-c2ccccc2)s1.Cl. The minimum Gasteiger partial charge on any atom is -0.375 e. The summed E-state index contributed by atoms with van der Waals surface area (Å²) in [5.74, 6) is -0.101. The Hall–Kier alpha value is -1.47. The van der Waals surface area contributed by atoms with Crippen molar-refractivity contribution >= 4 is 34.8 Å². The van der Waals surface area contributed by atoms with Crippen LogP contribution >= 0.6 is 23.7 Å². The predicted molar refractivity (Wildman–Crippen MR) is 90.6 cm³/mol. The van der Waals surface area contributed by atoms with Gasteiger partial charge in [0.25, 0.3) is 0 Å². The lowest BCUT2D eigenvalue weighted by molar-refractivity contribution is -0.123. The average Bonchev–Trinajstić information content (AvgIpc) is 2.97. The van der Waals surface area contributed by atoms with Crippen LogP contribution in [-0.4, -0.2) is 36.2 Å². The molecule has 2 N–H and O–H groups in total. The van der Waals surface area contributed by atoms with Crippen molar-refractivity contribution in [1.29, 1.82) is 0 Å². The molecule has 1 aromatic heterocycles. The number of morpholine rings is 1. The molecule has 2 heterocycles. The zero-order valence-electron chi connectivity index (χ0n) is 12.1. The molecule has 0 saturated carbocycles. The number of benzene rings is 1. The van der Waals surface area contributed by atoms with Crippen LogP contribution in [0, 0.1) is 0 Å². The Morgan fingerprint density at radius 3 is 2.91 bits per heavy atom. The highest BCUT2D eigenvalue weighted by Crippen LogP contribution is 2.28. The maximum absolute atomic E-state index is 12.2. The van der Waals surface area contributed by atoms with E-state index in [0.29, 0.717) is 18.3 Å². The number of rotatable bonds is 3. The van der Waals surface area contributed by atoms with E-state index in [2.05, 4.69) is 15.6 Å². The van der Waals surface area contributed by atoms with Gasteiger partial charge in [0.2, 0.25) is 5.91 Å². The van der Waals surface area contributed by atoms with E-state index in [1.165, 1.54) is 11.3 Å². The molecule has 0 radical (unpaired) electrons. The number of ether oxygens (including phenoxy) is 1. The molecular weight excluding hydrogens is 322 g/mol. The van der Waals surface area contributed by atoms with E-state index >= 15 is 0 Å². The lowest BCUT2D eigenvalue weighted by Gasteiger charge is -2.28. The number of anilines is 1. The number of carbonyl (C=O) groups excluding carboxylic acids is 1. The summed E-state index contributed by atoms with van der Waals surface area (Å²) in [5, 5.41) is 6.64. The quantitative estimate of drug-likeness (QED) is 0.902. The van der Waals surface area contributed by atoms with Crippen molar-refractivity contribution in [2.24, 2.45) is 0 Å². The second-order valence-corrected chi connectivity index (χ2v) is 5.92. The molecule has 1 saturated heterocycles. The number of amides is 1. The molecule has 1 aliphatic rings. The topological polar surface area (TPSA) is 63.2 Å². The molecule has 1 aliphatic heterocycles. The molecule has 0 bridgehead atoms. The van der Waals surface area contributed by atoms with E-state index in [4.69, 9.17) is 4.74 Å². The van der Waals surface area contributed by atoms with Gasteiger partial charge in [-0.1, -0.05) is 41.7 Å². The first-order valence-corrected chi connectivity index (χ1v) is 7.73. The number of thiazole rings is 1. The maximum Gasteiger partial charge on any atom is 0.245 e. The minimum atomic E-state index is -0.331. The summed E-state index contributed by atoms with van der Waals surface area (Å²) in [4.78, 5) is 17.5. The summed E-state index contributed by atoms with van der Waals surface area (Å²) in [6, 6.07) is 9.66. The van der Waals surface area contributed by atoms with Crippen LogP contribution < -0.4 is 10.6 Å². The number of halogens is 1. The van der Waals surface area contributed by atoms with Crippen molar-refractivity contribution in [3.05, 3.63) is 36.5 Å². The van der Waals surface area contributed by atoms with Crippen molar-refractivity contribution in [2.75, 3.05) is 18.5 Å². The van der Waals surface area contributed by atoms with Crippen molar-refractivity contribution in [3.8, 4) is 10.4 Å². The van der Waals surface area contributed by atoms with Crippen LogP contribution in [0.3, 0.4) is 0 Å². The normalized spacial score (nSPS) is 21.0. The third-order valence-corrected chi connectivity index (χ3v) is 4.35. The number of hydrogen-bond acceptors (Lipinski definition) is 5. The van der Waals surface area contributed by atoms with E-state index in [9.17, 15) is 4.79 Å². The van der Waals surface area contributed by atoms with Gasteiger partial charge in [-0.05, 0) is 12.5 Å². The van der Waals surface area contributed by atoms with Gasteiger partial charge >= 0.3 is 0 Å². The zero-order valence-corrected chi connectivity index (χ0v) is 13.7. The van der Waals surface area contributed by atoms with Crippen molar-refractivity contribution in [1.82, 2.24) is 10.3 Å². The Morgan fingerprint density at radius 2 is 2.18 bits per heavy atom. The third-order valence-electron chi connectivity index (χ3n) is 3.39. The van der Waals surface area contributed by atoms with Gasteiger partial charge in [0, 0.05) is 12.7 Å². The lowest BCUT2D eigenvalue weighted by atomic mass is 10.1. The van der Waals surface area contributed by atoms with Gasteiger partial charge in [-0.3, -0.25) is 4.79 Å². The third kappa shape index (κ3) is 3.84. The Morgan fingerprint density at radius 1 is 1.41 bits per heavy atom. The molecule has 2 atom stereocenters. The second-order valence-electron chi connectivity index (χ2n) is 4.89. The zero-order chi connectivity index (χ0) is 14.7. The van der Waals surface area contributed by atoms with Crippen molar-refractivity contribution in [3.63, 3.8) is 0 Å². The van der Waals surface area contributed by atoms with Gasteiger partial charge in [0.15, 0.2) is 5.13 Å². The van der Waals surface area contributed by atoms with Crippen LogP contribution in [0.25, 0.3) is 10.4 Å².